The van der Waals surface area contributed by atoms with Gasteiger partial charge in [-0.1, -0.05) is 57.9 Å². The molecule has 2 aromatic rings. The summed E-state index contributed by atoms with van der Waals surface area (Å²) in [7, 11) is 0. The number of anilines is 1. The van der Waals surface area contributed by atoms with Crippen LogP contribution in [0.5, 0.6) is 0 Å². The number of nitrogens with one attached hydrogen (secondary N) is 2. The molecule has 2 amide bonds. The summed E-state index contributed by atoms with van der Waals surface area (Å²) in [5, 5.41) is 5.93. The van der Waals surface area contributed by atoms with E-state index in [0.717, 1.165) is 10.0 Å². The van der Waals surface area contributed by atoms with Gasteiger partial charge in [0.05, 0.1) is 0 Å². The van der Waals surface area contributed by atoms with E-state index >= 15 is 0 Å². The van der Waals surface area contributed by atoms with E-state index in [1.807, 2.05) is 30.3 Å². The third kappa shape index (κ3) is 7.61. The zero-order valence-corrected chi connectivity index (χ0v) is 17.7. The van der Waals surface area contributed by atoms with Crippen molar-refractivity contribution in [3.63, 3.8) is 0 Å². The van der Waals surface area contributed by atoms with Crippen molar-refractivity contribution < 1.29 is 14.3 Å². The molecule has 0 fully saturated rings. The summed E-state index contributed by atoms with van der Waals surface area (Å²) in [5.41, 5.74) is 0.791. The van der Waals surface area contributed by atoms with Gasteiger partial charge in [-0.3, -0.25) is 4.79 Å². The maximum absolute atomic E-state index is 12.8. The standard InChI is InChI=1S/C20H22BrClN2O3/c1-20(2,3)27-19(26)24-17(9-13-7-5-4-6-8-13)18(25)23-16-11-14(21)10-15(22)12-16/h4-8,10-12,17H,9H2,1-3H3,(H,23,25)(H,24,26)/t17-/m0/s1. The normalized spacial score (nSPS) is 12.2. The Labute approximate surface area is 172 Å². The molecule has 0 unspecified atom stereocenters. The molecule has 2 aromatic carbocycles. The van der Waals surface area contributed by atoms with E-state index in [1.54, 1.807) is 39.0 Å². The first-order valence-corrected chi connectivity index (χ1v) is 9.60. The minimum atomic E-state index is -0.806. The van der Waals surface area contributed by atoms with Gasteiger partial charge in [0, 0.05) is 21.6 Å². The van der Waals surface area contributed by atoms with Crippen molar-refractivity contribution in [2.45, 2.75) is 38.8 Å². The lowest BCUT2D eigenvalue weighted by molar-refractivity contribution is -0.118. The van der Waals surface area contributed by atoms with Crippen molar-refractivity contribution in [3.8, 4) is 0 Å². The Hall–Kier alpha value is -2.05. The Morgan fingerprint density at radius 3 is 2.41 bits per heavy atom. The molecule has 27 heavy (non-hydrogen) atoms. The van der Waals surface area contributed by atoms with Gasteiger partial charge in [0.15, 0.2) is 0 Å². The molecule has 0 saturated heterocycles. The molecule has 0 bridgehead atoms. The Kier molecular flexibility index (Phi) is 7.27. The molecule has 0 saturated carbocycles. The smallest absolute Gasteiger partial charge is 0.408 e. The first-order valence-electron chi connectivity index (χ1n) is 8.43. The minimum Gasteiger partial charge on any atom is -0.444 e. The molecule has 2 N–H and O–H groups in total. The fourth-order valence-corrected chi connectivity index (χ4v) is 3.22. The fraction of sp³-hybridized carbons (Fsp3) is 0.300. The van der Waals surface area contributed by atoms with E-state index in [4.69, 9.17) is 16.3 Å². The average molecular weight is 454 g/mol. The second-order valence-corrected chi connectivity index (χ2v) is 8.39. The van der Waals surface area contributed by atoms with Crippen molar-refractivity contribution in [2.24, 2.45) is 0 Å². The third-order valence-corrected chi connectivity index (χ3v) is 4.10. The monoisotopic (exact) mass is 452 g/mol. The number of alkyl carbamates (subject to hydrolysis) is 1. The Bertz CT molecular complexity index is 786. The second kappa shape index (κ2) is 9.24. The van der Waals surface area contributed by atoms with Gasteiger partial charge >= 0.3 is 6.09 Å². The molecule has 0 heterocycles. The van der Waals surface area contributed by atoms with Crippen LogP contribution in [-0.2, 0) is 16.0 Å². The van der Waals surface area contributed by atoms with E-state index in [1.165, 1.54) is 0 Å². The summed E-state index contributed by atoms with van der Waals surface area (Å²) in [4.78, 5) is 25.0. The molecule has 2 rings (SSSR count). The first kappa shape index (κ1) is 21.3. The van der Waals surface area contributed by atoms with Crippen LogP contribution in [0.4, 0.5) is 10.5 Å². The van der Waals surface area contributed by atoms with Crippen molar-refractivity contribution in [1.29, 1.82) is 0 Å². The third-order valence-electron chi connectivity index (χ3n) is 3.42. The zero-order chi connectivity index (χ0) is 20.0. The van der Waals surface area contributed by atoms with E-state index < -0.39 is 17.7 Å². The number of carbonyl (C=O) groups is 2. The molecule has 5 nitrogen and oxygen atoms in total. The summed E-state index contributed by atoms with van der Waals surface area (Å²) < 4.78 is 6.03. The number of ether oxygens (including phenoxy) is 1. The van der Waals surface area contributed by atoms with Gasteiger partial charge in [0.25, 0.3) is 0 Å². The van der Waals surface area contributed by atoms with Crippen LogP contribution in [0.1, 0.15) is 26.3 Å². The zero-order valence-electron chi connectivity index (χ0n) is 15.4. The van der Waals surface area contributed by atoms with Gasteiger partial charge in [-0.05, 0) is 44.5 Å². The van der Waals surface area contributed by atoms with Gasteiger partial charge in [0.2, 0.25) is 5.91 Å². The Morgan fingerprint density at radius 2 is 1.81 bits per heavy atom. The number of halogens is 2. The van der Waals surface area contributed by atoms with Gasteiger partial charge in [0.1, 0.15) is 11.6 Å². The maximum Gasteiger partial charge on any atom is 0.408 e. The van der Waals surface area contributed by atoms with E-state index in [-0.39, 0.29) is 5.91 Å². The Balaban J connectivity index is 2.16. The van der Waals surface area contributed by atoms with Crippen molar-refractivity contribution in [1.82, 2.24) is 5.32 Å². The summed E-state index contributed by atoms with van der Waals surface area (Å²) in [6.07, 6.45) is -0.320. The summed E-state index contributed by atoms with van der Waals surface area (Å²) in [6.45, 7) is 5.30. The molecular weight excluding hydrogens is 432 g/mol. The predicted molar refractivity (Wildman–Crippen MR) is 111 cm³/mol. The SMILES string of the molecule is CC(C)(C)OC(=O)N[C@@H](Cc1ccccc1)C(=O)Nc1cc(Cl)cc(Br)c1. The highest BCUT2D eigenvalue weighted by Crippen LogP contribution is 2.23. The molecule has 0 aliphatic heterocycles. The van der Waals surface area contributed by atoms with Crippen LogP contribution >= 0.6 is 27.5 Å². The number of amides is 2. The van der Waals surface area contributed by atoms with Crippen LogP contribution in [-0.4, -0.2) is 23.6 Å². The van der Waals surface area contributed by atoms with Crippen LogP contribution in [0.3, 0.4) is 0 Å². The topological polar surface area (TPSA) is 67.4 Å². The van der Waals surface area contributed by atoms with Crippen LogP contribution in [0.2, 0.25) is 5.02 Å². The lowest BCUT2D eigenvalue weighted by Crippen LogP contribution is -2.47. The average Bonchev–Trinajstić information content (AvgIpc) is 2.52. The highest BCUT2D eigenvalue weighted by molar-refractivity contribution is 9.10. The molecule has 144 valence electrons. The Morgan fingerprint density at radius 1 is 1.15 bits per heavy atom. The van der Waals surface area contributed by atoms with E-state index in [2.05, 4.69) is 26.6 Å². The van der Waals surface area contributed by atoms with E-state index in [9.17, 15) is 9.59 Å². The van der Waals surface area contributed by atoms with Crippen LogP contribution in [0, 0.1) is 0 Å². The van der Waals surface area contributed by atoms with Gasteiger partial charge in [-0.25, -0.2) is 4.79 Å². The summed E-state index contributed by atoms with van der Waals surface area (Å²) in [5.74, 6) is -0.362. The van der Waals surface area contributed by atoms with Crippen molar-refractivity contribution in [3.05, 3.63) is 63.6 Å². The molecule has 0 aromatic heterocycles. The van der Waals surface area contributed by atoms with Gasteiger partial charge < -0.3 is 15.4 Å². The molecule has 0 aliphatic rings. The summed E-state index contributed by atoms with van der Waals surface area (Å²) in [6, 6.07) is 13.7. The molecule has 0 radical (unpaired) electrons. The largest absolute Gasteiger partial charge is 0.444 e. The quantitative estimate of drug-likeness (QED) is 0.656. The fourth-order valence-electron chi connectivity index (χ4n) is 2.36. The number of hydrogen-bond donors (Lipinski definition) is 2. The van der Waals surface area contributed by atoms with Gasteiger partial charge in [-0.2, -0.15) is 0 Å². The van der Waals surface area contributed by atoms with Crippen molar-refractivity contribution >= 4 is 45.2 Å². The lowest BCUT2D eigenvalue weighted by Gasteiger charge is -2.23. The molecule has 0 spiro atoms. The van der Waals surface area contributed by atoms with Gasteiger partial charge in [-0.15, -0.1) is 0 Å². The summed E-state index contributed by atoms with van der Waals surface area (Å²) >= 11 is 9.37. The number of hydrogen-bond acceptors (Lipinski definition) is 3. The molecule has 0 aliphatic carbocycles. The number of rotatable bonds is 5. The number of carbonyl (C=O) groups excluding carboxylic acids is 2. The highest BCUT2D eigenvalue weighted by Gasteiger charge is 2.25. The maximum atomic E-state index is 12.8. The molecule has 1 atom stereocenters. The predicted octanol–water partition coefficient (Wildman–Crippen LogP) is 5.18. The van der Waals surface area contributed by atoms with Crippen LogP contribution in [0.15, 0.2) is 53.0 Å². The first-order chi connectivity index (χ1) is 12.6. The van der Waals surface area contributed by atoms with Crippen molar-refractivity contribution in [2.75, 3.05) is 5.32 Å². The molecular formula is C20H22BrClN2O3. The van der Waals surface area contributed by atoms with Crippen LogP contribution in [0.25, 0.3) is 0 Å². The lowest BCUT2D eigenvalue weighted by atomic mass is 10.1. The van der Waals surface area contributed by atoms with Crippen LogP contribution < -0.4 is 10.6 Å². The molecule has 7 heteroatoms. The van der Waals surface area contributed by atoms with E-state index in [0.29, 0.717) is 17.1 Å². The second-order valence-electron chi connectivity index (χ2n) is 7.04. The number of benzene rings is 2. The minimum absolute atomic E-state index is 0.327. The highest BCUT2D eigenvalue weighted by atomic mass is 79.9.